The third kappa shape index (κ3) is 5.55. The average Bonchev–Trinajstić information content (AvgIpc) is 2.81. The van der Waals surface area contributed by atoms with Crippen molar-refractivity contribution in [3.63, 3.8) is 0 Å². The van der Waals surface area contributed by atoms with Gasteiger partial charge in [-0.25, -0.2) is 12.8 Å². The van der Waals surface area contributed by atoms with Crippen LogP contribution in [0, 0.1) is 12.7 Å². The van der Waals surface area contributed by atoms with Crippen LogP contribution in [0.15, 0.2) is 59.5 Å². The molecule has 0 aliphatic rings. The summed E-state index contributed by atoms with van der Waals surface area (Å²) in [5, 5.41) is 2.77. The van der Waals surface area contributed by atoms with Crippen LogP contribution >= 0.6 is 23.2 Å². The first-order valence-corrected chi connectivity index (χ1v) is 12.0. The van der Waals surface area contributed by atoms with Gasteiger partial charge in [-0.3, -0.25) is 9.10 Å². The predicted octanol–water partition coefficient (Wildman–Crippen LogP) is 5.29. The third-order valence-electron chi connectivity index (χ3n) is 4.88. The van der Waals surface area contributed by atoms with Crippen molar-refractivity contribution in [3.8, 4) is 11.5 Å². The molecular weight excluding hydrogens is 506 g/mol. The first kappa shape index (κ1) is 25.6. The van der Waals surface area contributed by atoms with Gasteiger partial charge in [-0.05, 0) is 55.0 Å². The van der Waals surface area contributed by atoms with E-state index in [0.29, 0.717) is 16.5 Å². The number of benzene rings is 3. The van der Waals surface area contributed by atoms with Crippen molar-refractivity contribution in [1.29, 1.82) is 0 Å². The molecule has 0 atom stereocenters. The molecule has 11 heteroatoms. The maximum Gasteiger partial charge on any atom is 0.264 e. The molecule has 0 heterocycles. The maximum atomic E-state index is 13.8. The summed E-state index contributed by atoms with van der Waals surface area (Å²) < 4.78 is 52.1. The Kier molecular flexibility index (Phi) is 7.91. The van der Waals surface area contributed by atoms with Crippen molar-refractivity contribution in [2.75, 3.05) is 30.4 Å². The van der Waals surface area contributed by atoms with Gasteiger partial charge in [-0.15, -0.1) is 0 Å². The maximum absolute atomic E-state index is 13.8. The number of hydrogen-bond acceptors (Lipinski definition) is 5. The Balaban J connectivity index is 2.02. The Morgan fingerprint density at radius 2 is 1.68 bits per heavy atom. The number of sulfonamides is 1. The fourth-order valence-corrected chi connectivity index (χ4v) is 4.85. The van der Waals surface area contributed by atoms with Crippen molar-refractivity contribution >= 4 is 50.5 Å². The number of hydrogen-bond donors (Lipinski definition) is 1. The molecule has 34 heavy (non-hydrogen) atoms. The molecule has 0 saturated carbocycles. The molecule has 3 rings (SSSR count). The first-order chi connectivity index (χ1) is 16.1. The molecule has 1 amide bonds. The highest BCUT2D eigenvalue weighted by Gasteiger charge is 2.29. The smallest absolute Gasteiger partial charge is 0.264 e. The Labute approximate surface area is 207 Å². The molecule has 0 radical (unpaired) electrons. The van der Waals surface area contributed by atoms with Crippen LogP contribution in [-0.4, -0.2) is 35.1 Å². The van der Waals surface area contributed by atoms with E-state index >= 15 is 0 Å². The highest BCUT2D eigenvalue weighted by Crippen LogP contribution is 2.33. The minimum absolute atomic E-state index is 0.00160. The summed E-state index contributed by atoms with van der Waals surface area (Å²) in [6.45, 7) is 1.19. The van der Waals surface area contributed by atoms with E-state index in [1.807, 2.05) is 6.92 Å². The molecule has 3 aromatic rings. The Morgan fingerprint density at radius 3 is 2.29 bits per heavy atom. The van der Waals surface area contributed by atoms with Crippen LogP contribution in [0.1, 0.15) is 5.56 Å². The third-order valence-corrected chi connectivity index (χ3v) is 7.34. The molecule has 3 aromatic carbocycles. The van der Waals surface area contributed by atoms with Gasteiger partial charge in [0, 0.05) is 16.8 Å². The monoisotopic (exact) mass is 526 g/mol. The van der Waals surface area contributed by atoms with Gasteiger partial charge >= 0.3 is 0 Å². The number of methoxy groups -OCH3 is 2. The highest BCUT2D eigenvalue weighted by molar-refractivity contribution is 7.92. The van der Waals surface area contributed by atoms with Crippen molar-refractivity contribution in [1.82, 2.24) is 0 Å². The number of halogens is 3. The lowest BCUT2D eigenvalue weighted by Crippen LogP contribution is -2.38. The summed E-state index contributed by atoms with van der Waals surface area (Å²) in [4.78, 5) is 12.7. The van der Waals surface area contributed by atoms with Crippen LogP contribution in [0.3, 0.4) is 0 Å². The lowest BCUT2D eigenvalue weighted by molar-refractivity contribution is -0.114. The van der Waals surface area contributed by atoms with Gasteiger partial charge in [0.25, 0.3) is 10.0 Å². The van der Waals surface area contributed by atoms with Crippen molar-refractivity contribution in [2.24, 2.45) is 0 Å². The van der Waals surface area contributed by atoms with E-state index in [2.05, 4.69) is 5.32 Å². The molecular formula is C23H21Cl2FN2O5S. The van der Waals surface area contributed by atoms with Gasteiger partial charge in [-0.2, -0.15) is 0 Å². The summed E-state index contributed by atoms with van der Waals surface area (Å²) in [6, 6.07) is 12.3. The molecule has 0 aliphatic heterocycles. The van der Waals surface area contributed by atoms with E-state index in [9.17, 15) is 17.6 Å². The van der Waals surface area contributed by atoms with Crippen molar-refractivity contribution < 1.29 is 27.1 Å². The Hall–Kier alpha value is -3.01. The molecule has 0 spiro atoms. The normalized spacial score (nSPS) is 11.1. The fourth-order valence-electron chi connectivity index (χ4n) is 3.06. The topological polar surface area (TPSA) is 84.9 Å². The standard InChI is InChI=1S/C23H21Cl2FN2O5S/c1-14-4-5-15(10-18(14)24)27-23(29)13-28(16-6-8-20(26)19(25)11-16)34(30,31)17-7-9-21(32-2)22(12-17)33-3/h4-12H,13H2,1-3H3,(H,27,29). The second-order valence-corrected chi connectivity index (χ2v) is 9.82. The number of nitrogens with zero attached hydrogens (tertiary/aromatic N) is 1. The number of carbonyl (C=O) groups excluding carboxylic acids is 1. The van der Waals surface area contributed by atoms with Gasteiger partial charge in [0.15, 0.2) is 11.5 Å². The quantitative estimate of drug-likeness (QED) is 0.430. The van der Waals surface area contributed by atoms with Crippen LogP contribution in [0.25, 0.3) is 0 Å². The molecule has 0 bridgehead atoms. The zero-order valence-electron chi connectivity index (χ0n) is 18.4. The summed E-state index contributed by atoms with van der Waals surface area (Å²) in [5.41, 5.74) is 1.21. The number of aryl methyl sites for hydroxylation is 1. The lowest BCUT2D eigenvalue weighted by atomic mass is 10.2. The molecule has 0 saturated heterocycles. The molecule has 0 aliphatic carbocycles. The molecule has 0 aromatic heterocycles. The molecule has 7 nitrogen and oxygen atoms in total. The number of ether oxygens (including phenoxy) is 2. The molecule has 1 N–H and O–H groups in total. The van der Waals surface area contributed by atoms with Gasteiger partial charge < -0.3 is 14.8 Å². The van der Waals surface area contributed by atoms with Crippen LogP contribution in [0.5, 0.6) is 11.5 Å². The Morgan fingerprint density at radius 1 is 0.971 bits per heavy atom. The van der Waals surface area contributed by atoms with Crippen LogP contribution in [0.4, 0.5) is 15.8 Å². The molecule has 180 valence electrons. The lowest BCUT2D eigenvalue weighted by Gasteiger charge is -2.25. The van der Waals surface area contributed by atoms with E-state index < -0.39 is 28.3 Å². The zero-order chi connectivity index (χ0) is 25.0. The van der Waals surface area contributed by atoms with Gasteiger partial charge in [0.05, 0.1) is 29.8 Å². The van der Waals surface area contributed by atoms with Crippen LogP contribution in [0.2, 0.25) is 10.0 Å². The van der Waals surface area contributed by atoms with Gasteiger partial charge in [0.1, 0.15) is 12.4 Å². The molecule has 0 unspecified atom stereocenters. The van der Waals surface area contributed by atoms with Crippen molar-refractivity contribution in [2.45, 2.75) is 11.8 Å². The number of rotatable bonds is 8. The minimum Gasteiger partial charge on any atom is -0.493 e. The minimum atomic E-state index is -4.31. The fraction of sp³-hybridized carbons (Fsp3) is 0.174. The van der Waals surface area contributed by atoms with Gasteiger partial charge in [0.2, 0.25) is 5.91 Å². The number of amides is 1. The SMILES string of the molecule is COc1ccc(S(=O)(=O)N(CC(=O)Nc2ccc(C)c(Cl)c2)c2ccc(F)c(Cl)c2)cc1OC. The number of nitrogens with one attached hydrogen (secondary N) is 1. The number of anilines is 2. The van der Waals surface area contributed by atoms with Crippen molar-refractivity contribution in [3.05, 3.63) is 76.0 Å². The second kappa shape index (κ2) is 10.5. The second-order valence-electron chi connectivity index (χ2n) is 7.14. The first-order valence-electron chi connectivity index (χ1n) is 9.82. The van der Waals surface area contributed by atoms with Gasteiger partial charge in [-0.1, -0.05) is 29.3 Å². The summed E-state index contributed by atoms with van der Waals surface area (Å²) in [6.07, 6.45) is 0. The molecule has 0 fully saturated rings. The van der Waals surface area contributed by atoms with E-state index in [1.165, 1.54) is 38.5 Å². The largest absolute Gasteiger partial charge is 0.493 e. The zero-order valence-corrected chi connectivity index (χ0v) is 20.8. The number of carbonyl (C=O) groups is 1. The Bertz CT molecular complexity index is 1330. The van der Waals surface area contributed by atoms with Crippen LogP contribution < -0.4 is 19.1 Å². The van der Waals surface area contributed by atoms with Crippen LogP contribution in [-0.2, 0) is 14.8 Å². The van der Waals surface area contributed by atoms with E-state index in [0.717, 1.165) is 22.0 Å². The van der Waals surface area contributed by atoms with E-state index in [-0.39, 0.29) is 21.4 Å². The summed E-state index contributed by atoms with van der Waals surface area (Å²) >= 11 is 12.0. The summed E-state index contributed by atoms with van der Waals surface area (Å²) in [5.74, 6) is -0.872. The van der Waals surface area contributed by atoms with E-state index in [4.69, 9.17) is 32.7 Å². The predicted molar refractivity (Wildman–Crippen MR) is 130 cm³/mol. The highest BCUT2D eigenvalue weighted by atomic mass is 35.5. The average molecular weight is 527 g/mol. The van der Waals surface area contributed by atoms with E-state index in [1.54, 1.807) is 18.2 Å². The summed E-state index contributed by atoms with van der Waals surface area (Å²) in [7, 11) is -1.53.